The number of carbonyl (C=O) groups is 1. The van der Waals surface area contributed by atoms with Crippen LogP contribution in [0.25, 0.3) is 0 Å². The Labute approximate surface area is 121 Å². The molecule has 0 aromatic heterocycles. The monoisotopic (exact) mass is 303 g/mol. The largest absolute Gasteiger partial charge is 0.332 e. The molecule has 2 rings (SSSR count). The van der Waals surface area contributed by atoms with Crippen LogP contribution in [0.4, 0.5) is 4.79 Å². The molecule has 2 amide bonds. The summed E-state index contributed by atoms with van der Waals surface area (Å²) in [6.45, 7) is 2.99. The first kappa shape index (κ1) is 15.6. The zero-order valence-electron chi connectivity index (χ0n) is 12.2. The Morgan fingerprint density at radius 3 is 2.15 bits per heavy atom. The summed E-state index contributed by atoms with van der Waals surface area (Å²) in [5.41, 5.74) is -0.278. The highest BCUT2D eigenvalue weighted by atomic mass is 32.2. The number of hydrogen-bond donors (Lipinski definition) is 2. The van der Waals surface area contributed by atoms with Crippen molar-refractivity contribution in [3.63, 3.8) is 0 Å². The zero-order valence-corrected chi connectivity index (χ0v) is 13.0. The highest BCUT2D eigenvalue weighted by Crippen LogP contribution is 2.27. The van der Waals surface area contributed by atoms with E-state index in [0.29, 0.717) is 13.1 Å². The number of nitrogens with zero attached hydrogens (tertiary/aromatic N) is 1. The summed E-state index contributed by atoms with van der Waals surface area (Å²) in [6.07, 6.45) is 7.93. The lowest BCUT2D eigenvalue weighted by Crippen LogP contribution is -2.55. The normalized spacial score (nSPS) is 24.1. The molecule has 1 aliphatic carbocycles. The number of nitrogens with one attached hydrogen (secondary N) is 2. The van der Waals surface area contributed by atoms with Gasteiger partial charge in [-0.15, -0.1) is 0 Å². The molecule has 2 aliphatic rings. The summed E-state index contributed by atoms with van der Waals surface area (Å²) in [6, 6.07) is -0.597. The van der Waals surface area contributed by atoms with Gasteiger partial charge in [0, 0.05) is 18.6 Å². The van der Waals surface area contributed by atoms with E-state index in [1.54, 1.807) is 0 Å². The highest BCUT2D eigenvalue weighted by molar-refractivity contribution is 7.87. The third-order valence-electron chi connectivity index (χ3n) is 4.25. The Bertz CT molecular complexity index is 438. The molecule has 0 bridgehead atoms. The summed E-state index contributed by atoms with van der Waals surface area (Å²) >= 11 is 0. The molecule has 0 aromatic carbocycles. The first-order valence-corrected chi connectivity index (χ1v) is 8.95. The van der Waals surface area contributed by atoms with Crippen molar-refractivity contribution >= 4 is 16.2 Å². The third-order valence-corrected chi connectivity index (χ3v) is 5.74. The Kier molecular flexibility index (Phi) is 4.90. The molecule has 6 nitrogen and oxygen atoms in total. The summed E-state index contributed by atoms with van der Waals surface area (Å²) in [5.74, 6) is 0. The van der Waals surface area contributed by atoms with E-state index in [1.807, 2.05) is 6.92 Å². The van der Waals surface area contributed by atoms with Crippen LogP contribution in [0.1, 0.15) is 58.3 Å². The van der Waals surface area contributed by atoms with Gasteiger partial charge >= 0.3 is 16.2 Å². The van der Waals surface area contributed by atoms with Crippen LogP contribution in [0.3, 0.4) is 0 Å². The van der Waals surface area contributed by atoms with Crippen molar-refractivity contribution in [1.82, 2.24) is 14.3 Å². The van der Waals surface area contributed by atoms with Crippen molar-refractivity contribution in [1.29, 1.82) is 0 Å². The van der Waals surface area contributed by atoms with Crippen molar-refractivity contribution in [3.8, 4) is 0 Å². The van der Waals surface area contributed by atoms with Crippen molar-refractivity contribution < 1.29 is 13.2 Å². The van der Waals surface area contributed by atoms with E-state index in [2.05, 4.69) is 10.0 Å². The van der Waals surface area contributed by atoms with Crippen molar-refractivity contribution in [3.05, 3.63) is 0 Å². The lowest BCUT2D eigenvalue weighted by molar-refractivity contribution is 0.214. The van der Waals surface area contributed by atoms with Gasteiger partial charge in [-0.3, -0.25) is 0 Å². The predicted octanol–water partition coefficient (Wildman–Crippen LogP) is 1.74. The molecule has 0 unspecified atom stereocenters. The van der Waals surface area contributed by atoms with Gasteiger partial charge in [-0.05, 0) is 32.6 Å². The van der Waals surface area contributed by atoms with Crippen LogP contribution in [-0.4, -0.2) is 37.4 Å². The van der Waals surface area contributed by atoms with E-state index in [0.717, 1.165) is 44.9 Å². The van der Waals surface area contributed by atoms with E-state index in [-0.39, 0.29) is 5.54 Å². The Morgan fingerprint density at radius 2 is 1.55 bits per heavy atom. The van der Waals surface area contributed by atoms with Crippen LogP contribution in [0.5, 0.6) is 0 Å². The van der Waals surface area contributed by atoms with Crippen molar-refractivity contribution in [2.45, 2.75) is 63.8 Å². The highest BCUT2D eigenvalue weighted by Gasteiger charge is 2.31. The number of urea groups is 1. The molecule has 0 radical (unpaired) electrons. The van der Waals surface area contributed by atoms with Crippen LogP contribution < -0.4 is 10.0 Å². The molecule has 1 saturated heterocycles. The SMILES string of the molecule is CC1(NC(=O)NS(=O)(=O)N2CCCCC2)CCCCC1. The molecule has 2 fully saturated rings. The van der Waals surface area contributed by atoms with E-state index in [1.165, 1.54) is 10.7 Å². The Morgan fingerprint density at radius 1 is 1.00 bits per heavy atom. The fourth-order valence-corrected chi connectivity index (χ4v) is 4.20. The standard InChI is InChI=1S/C13H25N3O3S/c1-13(8-4-2-5-9-13)14-12(17)15-20(18,19)16-10-6-3-7-11-16/h2-11H2,1H3,(H2,14,15,17). The van der Waals surface area contributed by atoms with Crippen LogP contribution >= 0.6 is 0 Å². The number of piperidine rings is 1. The molecule has 0 spiro atoms. The smallest absolute Gasteiger partial charge is 0.329 e. The maximum atomic E-state index is 12.1. The molecule has 2 N–H and O–H groups in total. The molecule has 1 aliphatic heterocycles. The van der Waals surface area contributed by atoms with Gasteiger partial charge in [-0.25, -0.2) is 9.52 Å². The maximum Gasteiger partial charge on any atom is 0.329 e. The minimum absolute atomic E-state index is 0.278. The van der Waals surface area contributed by atoms with Gasteiger partial charge in [0.15, 0.2) is 0 Å². The first-order chi connectivity index (χ1) is 9.41. The average Bonchev–Trinajstić information content (AvgIpc) is 2.39. The summed E-state index contributed by atoms with van der Waals surface area (Å²) in [5, 5.41) is 2.83. The molecule has 116 valence electrons. The fourth-order valence-electron chi connectivity index (χ4n) is 3.04. The lowest BCUT2D eigenvalue weighted by Gasteiger charge is -2.34. The van der Waals surface area contributed by atoms with Crippen LogP contribution in [0.2, 0.25) is 0 Å². The van der Waals surface area contributed by atoms with Gasteiger partial charge in [0.2, 0.25) is 0 Å². The average molecular weight is 303 g/mol. The molecular weight excluding hydrogens is 278 g/mol. The molecular formula is C13H25N3O3S. The molecule has 1 saturated carbocycles. The van der Waals surface area contributed by atoms with Gasteiger partial charge in [0.05, 0.1) is 0 Å². The third kappa shape index (κ3) is 4.09. The van der Waals surface area contributed by atoms with Crippen LogP contribution in [-0.2, 0) is 10.2 Å². The van der Waals surface area contributed by atoms with Gasteiger partial charge < -0.3 is 5.32 Å². The van der Waals surface area contributed by atoms with E-state index in [4.69, 9.17) is 0 Å². The van der Waals surface area contributed by atoms with Gasteiger partial charge in [-0.2, -0.15) is 12.7 Å². The summed E-state index contributed by atoms with van der Waals surface area (Å²) < 4.78 is 27.7. The zero-order chi connectivity index (χ0) is 14.6. The van der Waals surface area contributed by atoms with E-state index < -0.39 is 16.2 Å². The molecule has 20 heavy (non-hydrogen) atoms. The second-order valence-electron chi connectivity index (χ2n) is 6.14. The topological polar surface area (TPSA) is 78.5 Å². The Hall–Kier alpha value is -0.820. The fraction of sp³-hybridized carbons (Fsp3) is 0.923. The minimum atomic E-state index is -3.69. The second kappa shape index (κ2) is 6.30. The van der Waals surface area contributed by atoms with Crippen molar-refractivity contribution in [2.75, 3.05) is 13.1 Å². The van der Waals surface area contributed by atoms with E-state index >= 15 is 0 Å². The lowest BCUT2D eigenvalue weighted by atomic mass is 9.83. The van der Waals surface area contributed by atoms with E-state index in [9.17, 15) is 13.2 Å². The summed E-state index contributed by atoms with van der Waals surface area (Å²) in [7, 11) is -3.69. The number of amides is 2. The van der Waals surface area contributed by atoms with Gasteiger partial charge in [0.1, 0.15) is 0 Å². The molecule has 0 atom stereocenters. The quantitative estimate of drug-likeness (QED) is 0.833. The van der Waals surface area contributed by atoms with Crippen LogP contribution in [0.15, 0.2) is 0 Å². The van der Waals surface area contributed by atoms with Gasteiger partial charge in [0.25, 0.3) is 0 Å². The second-order valence-corrected chi connectivity index (χ2v) is 7.81. The van der Waals surface area contributed by atoms with Gasteiger partial charge in [-0.1, -0.05) is 25.7 Å². The minimum Gasteiger partial charge on any atom is -0.332 e. The first-order valence-electron chi connectivity index (χ1n) is 7.51. The Balaban J connectivity index is 1.89. The van der Waals surface area contributed by atoms with Crippen molar-refractivity contribution in [2.24, 2.45) is 0 Å². The maximum absolute atomic E-state index is 12.1. The molecule has 7 heteroatoms. The summed E-state index contributed by atoms with van der Waals surface area (Å²) in [4.78, 5) is 11.9. The number of hydrogen-bond acceptors (Lipinski definition) is 3. The number of rotatable bonds is 3. The predicted molar refractivity (Wildman–Crippen MR) is 77.5 cm³/mol. The molecule has 1 heterocycles. The van der Waals surface area contributed by atoms with Crippen LogP contribution in [0, 0.1) is 0 Å². The number of carbonyl (C=O) groups excluding carboxylic acids is 1. The molecule has 0 aromatic rings.